The molecule has 2 aromatic carbocycles. The molecule has 256 valence electrons. The topological polar surface area (TPSA) is 63.8 Å². The van der Waals surface area contributed by atoms with E-state index in [9.17, 15) is 9.35 Å². The number of rotatable bonds is 14. The lowest BCUT2D eigenvalue weighted by Crippen LogP contribution is -2.28. The zero-order chi connectivity index (χ0) is 34.5. The van der Waals surface area contributed by atoms with Gasteiger partial charge in [-0.2, -0.15) is 4.58 Å². The standard InChI is InChI=1S/C40H49ClN2O3S2/c1-39(2)31-17-7-9-19-33(31)42(26-11-5-6-21-37(44)45)35(39)24-22-29-15-14-16-30(38(29)41)23-25-36-40(3,4)32-18-8-10-20-34(32)43(36)27-12-13-28-48(46)47/h7-10,17-20,22-25H,5-6,11-16,21,26-28H2,1-4H3,(H-,44,45,46,47)/p+1. The monoisotopic (exact) mass is 705 g/mol. The van der Waals surface area contributed by atoms with Gasteiger partial charge in [0.25, 0.3) is 0 Å². The molecule has 5 rings (SSSR count). The van der Waals surface area contributed by atoms with Gasteiger partial charge >= 0.3 is 5.97 Å². The third kappa shape index (κ3) is 7.96. The van der Waals surface area contributed by atoms with Crippen LogP contribution in [0, 0.1) is 0 Å². The number of unbranched alkanes of at least 4 members (excludes halogenated alkanes) is 3. The molecule has 0 amide bonds. The average Bonchev–Trinajstić information content (AvgIpc) is 3.40. The highest BCUT2D eigenvalue weighted by Crippen LogP contribution is 2.48. The van der Waals surface area contributed by atoms with Gasteiger partial charge in [-0.05, 0) is 98.8 Å². The summed E-state index contributed by atoms with van der Waals surface area (Å²) in [5.74, 6) is -0.0590. The van der Waals surface area contributed by atoms with Crippen molar-refractivity contribution in [2.75, 3.05) is 23.7 Å². The minimum atomic E-state index is -0.933. The molecule has 0 bridgehead atoms. The number of fused-ring (bicyclic) bond motifs is 2. The summed E-state index contributed by atoms with van der Waals surface area (Å²) in [5.41, 5.74) is 9.70. The lowest BCUT2D eigenvalue weighted by Gasteiger charge is -2.27. The van der Waals surface area contributed by atoms with Crippen LogP contribution in [0.5, 0.6) is 0 Å². The smallest absolute Gasteiger partial charge is 0.303 e. The van der Waals surface area contributed by atoms with Crippen molar-refractivity contribution in [1.29, 1.82) is 0 Å². The largest absolute Gasteiger partial charge is 0.481 e. The number of allylic oxidation sites excluding steroid dienone is 8. The lowest BCUT2D eigenvalue weighted by molar-refractivity contribution is -0.438. The van der Waals surface area contributed by atoms with E-state index in [4.69, 9.17) is 27.9 Å². The highest BCUT2D eigenvalue weighted by molar-refractivity contribution is 8.25. The highest BCUT2D eigenvalue weighted by atomic mass is 35.5. The van der Waals surface area contributed by atoms with E-state index in [1.165, 1.54) is 45.1 Å². The van der Waals surface area contributed by atoms with E-state index < -0.39 is 15.7 Å². The second kappa shape index (κ2) is 15.8. The third-order valence-corrected chi connectivity index (χ3v) is 11.8. The fourth-order valence-electron chi connectivity index (χ4n) is 7.55. The van der Waals surface area contributed by atoms with E-state index in [1.54, 1.807) is 0 Å². The Bertz CT molecular complexity index is 1720. The van der Waals surface area contributed by atoms with Gasteiger partial charge in [-0.1, -0.05) is 74.0 Å². The molecule has 0 fully saturated rings. The van der Waals surface area contributed by atoms with Crippen molar-refractivity contribution >= 4 is 55.6 Å². The Morgan fingerprint density at radius 3 is 2.42 bits per heavy atom. The van der Waals surface area contributed by atoms with Crippen molar-refractivity contribution < 1.29 is 19.0 Å². The summed E-state index contributed by atoms with van der Waals surface area (Å²) >= 11 is 12.2. The fraction of sp³-hybridized carbons (Fsp3) is 0.450. The van der Waals surface area contributed by atoms with E-state index in [0.717, 1.165) is 63.1 Å². The first-order valence-electron chi connectivity index (χ1n) is 17.3. The van der Waals surface area contributed by atoms with E-state index in [2.05, 4.69) is 110 Å². The van der Waals surface area contributed by atoms with Crippen LogP contribution >= 0.6 is 11.6 Å². The van der Waals surface area contributed by atoms with Crippen LogP contribution in [0.15, 0.2) is 94.7 Å². The Hall–Kier alpha value is -2.84. The van der Waals surface area contributed by atoms with Gasteiger partial charge in [0.15, 0.2) is 5.71 Å². The number of carboxylic acid groups (broad SMARTS) is 1. The lowest BCUT2D eigenvalue weighted by atomic mass is 9.81. The molecule has 2 heterocycles. The summed E-state index contributed by atoms with van der Waals surface area (Å²) in [6.07, 6.45) is 16.6. The van der Waals surface area contributed by atoms with Crippen molar-refractivity contribution in [3.05, 3.63) is 106 Å². The molecule has 2 aromatic rings. The molecule has 1 aliphatic carbocycles. The maximum atomic E-state index is 11.0. The number of halogens is 1. The maximum Gasteiger partial charge on any atom is 0.303 e. The van der Waals surface area contributed by atoms with Gasteiger partial charge in [-0.3, -0.25) is 4.79 Å². The van der Waals surface area contributed by atoms with Crippen molar-refractivity contribution in [3.63, 3.8) is 0 Å². The number of carbonyl (C=O) groups is 1. The molecule has 2 N–H and O–H groups in total. The van der Waals surface area contributed by atoms with Crippen molar-refractivity contribution in [2.45, 2.75) is 96.3 Å². The number of aliphatic carboxylic acids is 1. The van der Waals surface area contributed by atoms with Gasteiger partial charge < -0.3 is 14.6 Å². The molecule has 3 aliphatic rings. The number of benzene rings is 2. The number of anilines is 1. The molecule has 0 saturated carbocycles. The zero-order valence-corrected chi connectivity index (χ0v) is 31.2. The van der Waals surface area contributed by atoms with E-state index in [-0.39, 0.29) is 17.3 Å². The van der Waals surface area contributed by atoms with Gasteiger partial charge in [0.1, 0.15) is 6.54 Å². The summed E-state index contributed by atoms with van der Waals surface area (Å²) in [4.78, 5) is 13.5. The Morgan fingerprint density at radius 2 is 1.67 bits per heavy atom. The molecule has 8 heteroatoms. The fourth-order valence-corrected chi connectivity index (χ4v) is 8.67. The SMILES string of the molecule is CC1(C)C(/C=C/C2=C(Cl)C(=C/C=C3/N(CCCCS(O)=S)c4ccccc4C3(C)C)/CCC2)=[N+](CCCCCC(=O)O)c2ccccc21. The van der Waals surface area contributed by atoms with Gasteiger partial charge in [0, 0.05) is 74.4 Å². The first kappa shape index (κ1) is 36.4. The van der Waals surface area contributed by atoms with Crippen molar-refractivity contribution in [2.24, 2.45) is 0 Å². The van der Waals surface area contributed by atoms with Crippen LogP contribution < -0.4 is 4.90 Å². The molecular weight excluding hydrogens is 656 g/mol. The number of nitrogens with zero attached hydrogens (tertiary/aromatic N) is 2. The Kier molecular flexibility index (Phi) is 12.0. The summed E-state index contributed by atoms with van der Waals surface area (Å²) in [7, 11) is -0.933. The van der Waals surface area contributed by atoms with Crippen LogP contribution in [-0.2, 0) is 36.5 Å². The van der Waals surface area contributed by atoms with Crippen LogP contribution in [0.3, 0.4) is 0 Å². The summed E-state index contributed by atoms with van der Waals surface area (Å²) in [6, 6.07) is 17.3. The second-order valence-corrected chi connectivity index (χ2v) is 16.8. The molecule has 1 unspecified atom stereocenters. The van der Waals surface area contributed by atoms with Crippen molar-refractivity contribution in [1.82, 2.24) is 0 Å². The summed E-state index contributed by atoms with van der Waals surface area (Å²) in [6.45, 7) is 10.9. The summed E-state index contributed by atoms with van der Waals surface area (Å²) < 4.78 is 12.1. The average molecular weight is 706 g/mol. The molecule has 0 saturated heterocycles. The predicted octanol–water partition coefficient (Wildman–Crippen LogP) is 9.88. The molecule has 0 aromatic heterocycles. The molecule has 5 nitrogen and oxygen atoms in total. The van der Waals surface area contributed by atoms with E-state index in [1.807, 2.05) is 0 Å². The van der Waals surface area contributed by atoms with Gasteiger partial charge in [0.05, 0.1) is 5.41 Å². The molecule has 1 atom stereocenters. The first-order chi connectivity index (χ1) is 22.9. The van der Waals surface area contributed by atoms with Crippen LogP contribution in [0.4, 0.5) is 11.4 Å². The Balaban J connectivity index is 1.42. The van der Waals surface area contributed by atoms with Crippen LogP contribution in [0.2, 0.25) is 0 Å². The van der Waals surface area contributed by atoms with E-state index >= 15 is 0 Å². The minimum Gasteiger partial charge on any atom is -0.481 e. The van der Waals surface area contributed by atoms with Crippen LogP contribution in [-0.4, -0.2) is 44.8 Å². The minimum absolute atomic E-state index is 0.142. The number of para-hydroxylation sites is 2. The van der Waals surface area contributed by atoms with Crippen molar-refractivity contribution in [3.8, 4) is 0 Å². The molecular formula is C40H50ClN2O3S2+. The molecule has 48 heavy (non-hydrogen) atoms. The number of carboxylic acids is 1. The zero-order valence-electron chi connectivity index (χ0n) is 28.8. The van der Waals surface area contributed by atoms with Gasteiger partial charge in [-0.15, -0.1) is 0 Å². The van der Waals surface area contributed by atoms with Crippen LogP contribution in [0.25, 0.3) is 0 Å². The number of hydrogen-bond acceptors (Lipinski definition) is 3. The molecule has 2 aliphatic heterocycles. The highest BCUT2D eigenvalue weighted by Gasteiger charge is 2.44. The normalized spacial score (nSPS) is 20.7. The summed E-state index contributed by atoms with van der Waals surface area (Å²) in [5, 5.41) is 9.91. The Labute approximate surface area is 299 Å². The van der Waals surface area contributed by atoms with Gasteiger partial charge in [-0.25, -0.2) is 0 Å². The quantitative estimate of drug-likeness (QED) is 0.151. The van der Waals surface area contributed by atoms with Gasteiger partial charge in [0.2, 0.25) is 5.69 Å². The third-order valence-electron chi connectivity index (χ3n) is 10.2. The molecule has 0 radical (unpaired) electrons. The molecule has 0 spiro atoms. The second-order valence-electron chi connectivity index (χ2n) is 14.2. The Morgan fingerprint density at radius 1 is 0.938 bits per heavy atom. The predicted molar refractivity (Wildman–Crippen MR) is 206 cm³/mol. The maximum absolute atomic E-state index is 11.0. The number of hydrogen-bond donors (Lipinski definition) is 2. The first-order valence-corrected chi connectivity index (χ1v) is 20.0. The van der Waals surface area contributed by atoms with Crippen LogP contribution in [0.1, 0.15) is 96.6 Å². The van der Waals surface area contributed by atoms with E-state index in [0.29, 0.717) is 12.2 Å².